The second-order valence-corrected chi connectivity index (χ2v) is 4.33. The Hall–Kier alpha value is -1.13. The van der Waals surface area contributed by atoms with Gasteiger partial charge in [0.05, 0.1) is 25.7 Å². The summed E-state index contributed by atoms with van der Waals surface area (Å²) in [7, 11) is 1.29. The Labute approximate surface area is 109 Å². The van der Waals surface area contributed by atoms with Crippen molar-refractivity contribution in [1.29, 1.82) is 0 Å². The predicted octanol–water partition coefficient (Wildman–Crippen LogP) is 1.96. The molecule has 4 nitrogen and oxygen atoms in total. The topological polar surface area (TPSA) is 66.8 Å². The van der Waals surface area contributed by atoms with Crippen LogP contribution < -0.4 is 0 Å². The van der Waals surface area contributed by atoms with E-state index in [2.05, 4.69) is 11.7 Å². The molecule has 0 saturated carbocycles. The van der Waals surface area contributed by atoms with Gasteiger partial charge in [0.2, 0.25) is 0 Å². The van der Waals surface area contributed by atoms with Crippen LogP contribution in [0.3, 0.4) is 0 Å². The summed E-state index contributed by atoms with van der Waals surface area (Å²) in [6.45, 7) is 3.92. The predicted molar refractivity (Wildman–Crippen MR) is 71.1 cm³/mol. The van der Waals surface area contributed by atoms with Gasteiger partial charge in [-0.1, -0.05) is 43.6 Å². The van der Waals surface area contributed by atoms with Gasteiger partial charge in [0.25, 0.3) is 0 Å². The number of hydrogen-bond acceptors (Lipinski definition) is 4. The molecule has 0 unspecified atom stereocenters. The highest BCUT2D eigenvalue weighted by Crippen LogP contribution is 2.06. The third kappa shape index (κ3) is 8.96. The van der Waals surface area contributed by atoms with Crippen LogP contribution in [-0.4, -0.2) is 35.5 Å². The fourth-order valence-corrected chi connectivity index (χ4v) is 1.44. The molecule has 0 aromatic rings. The average molecular weight is 256 g/mol. The lowest BCUT2D eigenvalue weighted by Crippen LogP contribution is -2.11. The summed E-state index contributed by atoms with van der Waals surface area (Å²) in [6, 6.07) is 0. The Kier molecular flexibility index (Phi) is 9.24. The largest absolute Gasteiger partial charge is 0.469 e. The molecule has 0 heterocycles. The maximum atomic E-state index is 10.9. The van der Waals surface area contributed by atoms with Crippen LogP contribution in [-0.2, 0) is 9.53 Å². The normalized spacial score (nSPS) is 15.7. The minimum absolute atomic E-state index is 0.0569. The van der Waals surface area contributed by atoms with Crippen LogP contribution in [0, 0.1) is 0 Å². The van der Waals surface area contributed by atoms with Crippen LogP contribution >= 0.6 is 0 Å². The highest BCUT2D eigenvalue weighted by molar-refractivity contribution is 5.70. The zero-order valence-electron chi connectivity index (χ0n) is 11.4. The van der Waals surface area contributed by atoms with Gasteiger partial charge in [0.1, 0.15) is 0 Å². The molecule has 2 N–H and O–H groups in total. The monoisotopic (exact) mass is 256 g/mol. The lowest BCUT2D eigenvalue weighted by molar-refractivity contribution is -0.142. The van der Waals surface area contributed by atoms with Crippen molar-refractivity contribution < 1.29 is 19.7 Å². The zero-order chi connectivity index (χ0) is 14.0. The summed E-state index contributed by atoms with van der Waals surface area (Å²) in [4.78, 5) is 10.9. The Bertz CT molecular complexity index is 294. The summed E-state index contributed by atoms with van der Waals surface area (Å²) >= 11 is 0. The summed E-state index contributed by atoms with van der Waals surface area (Å²) in [5, 5.41) is 19.2. The molecule has 0 radical (unpaired) electrons. The van der Waals surface area contributed by atoms with E-state index in [1.165, 1.54) is 13.2 Å². The van der Waals surface area contributed by atoms with E-state index in [1.807, 2.05) is 6.92 Å². The van der Waals surface area contributed by atoms with Gasteiger partial charge in [-0.05, 0) is 13.3 Å². The molecule has 0 aliphatic heterocycles. The van der Waals surface area contributed by atoms with Crippen LogP contribution in [0.25, 0.3) is 0 Å². The van der Waals surface area contributed by atoms with E-state index < -0.39 is 18.2 Å². The van der Waals surface area contributed by atoms with E-state index in [9.17, 15) is 15.0 Å². The van der Waals surface area contributed by atoms with Crippen molar-refractivity contribution in [3.8, 4) is 0 Å². The number of esters is 1. The highest BCUT2D eigenvalue weighted by atomic mass is 16.5. The smallest absolute Gasteiger partial charge is 0.308 e. The van der Waals surface area contributed by atoms with Gasteiger partial charge in [0.15, 0.2) is 0 Å². The maximum absolute atomic E-state index is 10.9. The minimum atomic E-state index is -0.853. The number of hydrogen-bond donors (Lipinski definition) is 2. The van der Waals surface area contributed by atoms with Crippen LogP contribution in [0.15, 0.2) is 23.8 Å². The number of aliphatic hydroxyl groups excluding tert-OH is 2. The number of rotatable bonds is 8. The average Bonchev–Trinajstić information content (AvgIpc) is 2.33. The third-order valence-corrected chi connectivity index (χ3v) is 2.49. The van der Waals surface area contributed by atoms with Crippen LogP contribution in [0.4, 0.5) is 0 Å². The van der Waals surface area contributed by atoms with Crippen molar-refractivity contribution in [2.75, 3.05) is 7.11 Å². The Morgan fingerprint density at radius 1 is 1.33 bits per heavy atom. The molecule has 0 aromatic carbocycles. The van der Waals surface area contributed by atoms with Crippen molar-refractivity contribution in [3.63, 3.8) is 0 Å². The molecular weight excluding hydrogens is 232 g/mol. The van der Waals surface area contributed by atoms with E-state index in [0.29, 0.717) is 0 Å². The lowest BCUT2D eigenvalue weighted by atomic mass is 10.1. The van der Waals surface area contributed by atoms with E-state index in [-0.39, 0.29) is 6.42 Å². The fourth-order valence-electron chi connectivity index (χ4n) is 1.44. The van der Waals surface area contributed by atoms with Crippen molar-refractivity contribution in [3.05, 3.63) is 23.8 Å². The molecular formula is C14H24O4. The first-order valence-corrected chi connectivity index (χ1v) is 6.29. The lowest BCUT2D eigenvalue weighted by Gasteiger charge is -2.06. The highest BCUT2D eigenvalue weighted by Gasteiger charge is 2.07. The first kappa shape index (κ1) is 16.9. The van der Waals surface area contributed by atoms with Gasteiger partial charge in [-0.3, -0.25) is 4.79 Å². The number of methoxy groups -OCH3 is 1. The first-order chi connectivity index (χ1) is 8.49. The van der Waals surface area contributed by atoms with E-state index >= 15 is 0 Å². The number of unbranched alkanes of at least 4 members (excludes halogenated alkanes) is 1. The number of aliphatic hydroxyl groups is 2. The standard InChI is InChI=1S/C14H24O4/c1-4-5-6-12(15)9-11(2)7-8-13(16)10-14(17)18-3/h7-9,12-13,15-16H,4-6,10H2,1-3H3/b8-7+,11-9+/t12-,13-/m1/s1. The Balaban J connectivity index is 4.15. The molecule has 104 valence electrons. The number of carbonyl (C=O) groups excluding carboxylic acids is 1. The number of ether oxygens (including phenoxy) is 1. The number of allylic oxidation sites excluding steroid dienone is 2. The second kappa shape index (κ2) is 9.85. The fraction of sp³-hybridized carbons (Fsp3) is 0.643. The van der Waals surface area contributed by atoms with Crippen LogP contribution in [0.1, 0.15) is 39.5 Å². The molecule has 2 atom stereocenters. The van der Waals surface area contributed by atoms with Gasteiger partial charge in [-0.25, -0.2) is 0 Å². The van der Waals surface area contributed by atoms with Gasteiger partial charge >= 0.3 is 5.97 Å². The van der Waals surface area contributed by atoms with Gasteiger partial charge in [0, 0.05) is 0 Å². The van der Waals surface area contributed by atoms with Gasteiger partial charge < -0.3 is 14.9 Å². The maximum Gasteiger partial charge on any atom is 0.308 e. The molecule has 18 heavy (non-hydrogen) atoms. The molecule has 0 aliphatic rings. The van der Waals surface area contributed by atoms with Crippen LogP contribution in [0.2, 0.25) is 0 Å². The molecule has 0 aliphatic carbocycles. The van der Waals surface area contributed by atoms with Crippen LogP contribution in [0.5, 0.6) is 0 Å². The number of carbonyl (C=O) groups is 1. The summed E-state index contributed by atoms with van der Waals surface area (Å²) in [5.41, 5.74) is 0.863. The second-order valence-electron chi connectivity index (χ2n) is 4.33. The van der Waals surface area contributed by atoms with Gasteiger partial charge in [-0.15, -0.1) is 0 Å². The first-order valence-electron chi connectivity index (χ1n) is 6.29. The quantitative estimate of drug-likeness (QED) is 0.514. The molecule has 0 fully saturated rings. The van der Waals surface area contributed by atoms with E-state index in [4.69, 9.17) is 0 Å². The molecule has 0 amide bonds. The van der Waals surface area contributed by atoms with Crippen molar-refractivity contribution in [2.45, 2.75) is 51.7 Å². The summed E-state index contributed by atoms with van der Waals surface area (Å²) in [5.74, 6) is -0.447. The summed E-state index contributed by atoms with van der Waals surface area (Å²) in [6.07, 6.45) is 6.39. The Morgan fingerprint density at radius 3 is 2.56 bits per heavy atom. The SMILES string of the molecule is CCCC[C@@H](O)/C=C(C)/C=C/[C@@H](O)CC(=O)OC. The van der Waals surface area contributed by atoms with Crippen molar-refractivity contribution >= 4 is 5.97 Å². The third-order valence-electron chi connectivity index (χ3n) is 2.49. The molecule has 0 spiro atoms. The van der Waals surface area contributed by atoms with Gasteiger partial charge in [-0.2, -0.15) is 0 Å². The molecule has 0 saturated heterocycles. The zero-order valence-corrected chi connectivity index (χ0v) is 11.4. The van der Waals surface area contributed by atoms with Crippen molar-refractivity contribution in [1.82, 2.24) is 0 Å². The molecule has 0 bridgehead atoms. The summed E-state index contributed by atoms with van der Waals surface area (Å²) < 4.78 is 4.45. The minimum Gasteiger partial charge on any atom is -0.469 e. The molecule has 0 rings (SSSR count). The van der Waals surface area contributed by atoms with Crippen molar-refractivity contribution in [2.24, 2.45) is 0 Å². The Morgan fingerprint density at radius 2 is 2.00 bits per heavy atom. The van der Waals surface area contributed by atoms with E-state index in [0.717, 1.165) is 24.8 Å². The molecule has 4 heteroatoms. The van der Waals surface area contributed by atoms with E-state index in [1.54, 1.807) is 12.2 Å². The molecule has 0 aromatic heterocycles.